The molecule has 1 aliphatic rings. The fraction of sp³-hybridized carbons (Fsp3) is 0.542. The number of nitrogens with zero attached hydrogens (tertiary/aromatic N) is 2. The number of amides is 2. The van der Waals surface area contributed by atoms with Gasteiger partial charge in [-0.05, 0) is 52.7 Å². The van der Waals surface area contributed by atoms with Gasteiger partial charge in [0.1, 0.15) is 11.3 Å². The molecule has 3 rings (SSSR count). The van der Waals surface area contributed by atoms with Gasteiger partial charge in [-0.2, -0.15) is 0 Å². The third-order valence-electron chi connectivity index (χ3n) is 5.86. The highest BCUT2D eigenvalue weighted by Gasteiger charge is 2.33. The number of para-hydroxylation sites is 1. The number of hydrogen-bond donors (Lipinski definition) is 2. The Morgan fingerprint density at radius 1 is 1.06 bits per heavy atom. The number of rotatable bonds is 4. The third kappa shape index (κ3) is 5.41. The minimum Gasteiger partial charge on any atom is -0.444 e. The van der Waals surface area contributed by atoms with E-state index in [1.54, 1.807) is 39.4 Å². The van der Waals surface area contributed by atoms with Gasteiger partial charge in [0.15, 0.2) is 0 Å². The van der Waals surface area contributed by atoms with Crippen molar-refractivity contribution in [2.75, 3.05) is 5.32 Å². The van der Waals surface area contributed by atoms with Crippen LogP contribution in [0, 0.1) is 12.8 Å². The van der Waals surface area contributed by atoms with Crippen LogP contribution < -0.4 is 16.2 Å². The van der Waals surface area contributed by atoms with Gasteiger partial charge in [0, 0.05) is 13.1 Å². The first-order valence-corrected chi connectivity index (χ1v) is 11.2. The molecule has 2 N–H and O–H groups in total. The zero-order valence-corrected chi connectivity index (χ0v) is 19.6. The molecule has 8 nitrogen and oxygen atoms in total. The molecule has 0 radical (unpaired) electrons. The second kappa shape index (κ2) is 9.63. The summed E-state index contributed by atoms with van der Waals surface area (Å²) in [7, 11) is 1.79. The summed E-state index contributed by atoms with van der Waals surface area (Å²) in [6, 6.07) is 8.96. The first-order valence-electron chi connectivity index (χ1n) is 11.2. The average molecular weight is 443 g/mol. The van der Waals surface area contributed by atoms with Crippen LogP contribution in [-0.4, -0.2) is 33.0 Å². The number of aromatic nitrogens is 2. The number of benzene rings is 1. The fourth-order valence-corrected chi connectivity index (χ4v) is 4.18. The Hall–Kier alpha value is -3.03. The van der Waals surface area contributed by atoms with E-state index in [1.807, 2.05) is 30.3 Å². The Bertz CT molecular complexity index is 1020. The van der Waals surface area contributed by atoms with Gasteiger partial charge >= 0.3 is 6.09 Å². The number of carbonyl (C=O) groups is 2. The summed E-state index contributed by atoms with van der Waals surface area (Å²) in [5.41, 5.74) is 0.757. The van der Waals surface area contributed by atoms with Crippen molar-refractivity contribution in [3.63, 3.8) is 0 Å². The molecule has 2 atom stereocenters. The number of nitrogens with one attached hydrogen (secondary N) is 2. The molecule has 32 heavy (non-hydrogen) atoms. The lowest BCUT2D eigenvalue weighted by Gasteiger charge is -2.27. The van der Waals surface area contributed by atoms with Gasteiger partial charge in [-0.25, -0.2) is 9.48 Å². The minimum atomic E-state index is -0.615. The Balaban J connectivity index is 1.83. The van der Waals surface area contributed by atoms with E-state index in [0.29, 0.717) is 18.5 Å². The second-order valence-electron chi connectivity index (χ2n) is 9.42. The largest absolute Gasteiger partial charge is 0.444 e. The minimum absolute atomic E-state index is 0.251. The van der Waals surface area contributed by atoms with Gasteiger partial charge < -0.3 is 15.4 Å². The predicted octanol–water partition coefficient (Wildman–Crippen LogP) is 3.90. The van der Waals surface area contributed by atoms with Crippen LogP contribution >= 0.6 is 0 Å². The summed E-state index contributed by atoms with van der Waals surface area (Å²) >= 11 is 0. The number of carbonyl (C=O) groups excluding carboxylic acids is 2. The molecule has 0 bridgehead atoms. The van der Waals surface area contributed by atoms with E-state index in [9.17, 15) is 14.4 Å². The molecule has 1 saturated carbocycles. The Morgan fingerprint density at radius 2 is 1.72 bits per heavy atom. The van der Waals surface area contributed by atoms with E-state index in [-0.39, 0.29) is 23.2 Å². The normalized spacial score (nSPS) is 19.2. The van der Waals surface area contributed by atoms with E-state index in [1.165, 1.54) is 4.68 Å². The molecule has 0 spiro atoms. The lowest BCUT2D eigenvalue weighted by atomic mass is 9.93. The second-order valence-corrected chi connectivity index (χ2v) is 9.42. The summed E-state index contributed by atoms with van der Waals surface area (Å²) in [4.78, 5) is 38.8. The van der Waals surface area contributed by atoms with Gasteiger partial charge in [0.2, 0.25) is 5.91 Å². The van der Waals surface area contributed by atoms with Crippen LogP contribution in [-0.2, 0) is 16.6 Å². The van der Waals surface area contributed by atoms with Crippen molar-refractivity contribution in [3.05, 3.63) is 46.4 Å². The highest BCUT2D eigenvalue weighted by molar-refractivity contribution is 5.93. The highest BCUT2D eigenvalue weighted by Crippen LogP contribution is 2.26. The van der Waals surface area contributed by atoms with Crippen LogP contribution in [0.4, 0.5) is 10.5 Å². The lowest BCUT2D eigenvalue weighted by Crippen LogP contribution is -2.46. The molecule has 1 fully saturated rings. The van der Waals surface area contributed by atoms with E-state index in [2.05, 4.69) is 10.6 Å². The summed E-state index contributed by atoms with van der Waals surface area (Å²) in [6.45, 7) is 7.22. The van der Waals surface area contributed by atoms with Crippen molar-refractivity contribution in [2.45, 2.75) is 71.4 Å². The van der Waals surface area contributed by atoms with E-state index < -0.39 is 17.6 Å². The maximum atomic E-state index is 13.3. The molecule has 1 aromatic heterocycles. The van der Waals surface area contributed by atoms with Gasteiger partial charge in [0.25, 0.3) is 5.56 Å². The molecule has 0 aliphatic heterocycles. The Labute approximate surface area is 188 Å². The van der Waals surface area contributed by atoms with Gasteiger partial charge in [-0.15, -0.1) is 0 Å². The van der Waals surface area contributed by atoms with Gasteiger partial charge in [0.05, 0.1) is 17.3 Å². The van der Waals surface area contributed by atoms with Crippen molar-refractivity contribution >= 4 is 17.7 Å². The van der Waals surface area contributed by atoms with Crippen molar-refractivity contribution in [1.82, 2.24) is 14.7 Å². The quantitative estimate of drug-likeness (QED) is 0.702. The number of ether oxygens (including phenoxy) is 1. The lowest BCUT2D eigenvalue weighted by molar-refractivity contribution is -0.120. The zero-order chi connectivity index (χ0) is 23.5. The zero-order valence-electron chi connectivity index (χ0n) is 19.6. The van der Waals surface area contributed by atoms with Crippen LogP contribution in [0.2, 0.25) is 0 Å². The van der Waals surface area contributed by atoms with Crippen LogP contribution in [0.3, 0.4) is 0 Å². The highest BCUT2D eigenvalue weighted by atomic mass is 16.6. The van der Waals surface area contributed by atoms with E-state index in [4.69, 9.17) is 4.74 Å². The van der Waals surface area contributed by atoms with E-state index in [0.717, 1.165) is 24.9 Å². The van der Waals surface area contributed by atoms with Gasteiger partial charge in [-0.1, -0.05) is 37.5 Å². The van der Waals surface area contributed by atoms with Crippen molar-refractivity contribution < 1.29 is 14.3 Å². The topological polar surface area (TPSA) is 94.4 Å². The first-order chi connectivity index (χ1) is 15.1. The fourth-order valence-electron chi connectivity index (χ4n) is 4.18. The van der Waals surface area contributed by atoms with Crippen molar-refractivity contribution in [2.24, 2.45) is 13.0 Å². The molecule has 0 unspecified atom stereocenters. The Kier molecular flexibility index (Phi) is 7.11. The van der Waals surface area contributed by atoms with Crippen LogP contribution in [0.25, 0.3) is 5.69 Å². The van der Waals surface area contributed by atoms with Gasteiger partial charge in [-0.3, -0.25) is 14.3 Å². The molecule has 1 aliphatic carbocycles. The molecule has 0 saturated heterocycles. The number of hydrogen-bond acceptors (Lipinski definition) is 4. The Morgan fingerprint density at radius 3 is 2.38 bits per heavy atom. The molecule has 2 aromatic rings. The average Bonchev–Trinajstić information content (AvgIpc) is 2.88. The molecular weight excluding hydrogens is 408 g/mol. The molecule has 1 heterocycles. The number of alkyl carbamates (subject to hydrolysis) is 1. The molecule has 2 amide bonds. The predicted molar refractivity (Wildman–Crippen MR) is 124 cm³/mol. The maximum Gasteiger partial charge on any atom is 0.407 e. The molecule has 174 valence electrons. The maximum absolute atomic E-state index is 13.3. The standard InChI is InChI=1S/C24H34N4O4/c1-16-20(22(30)28(27(16)5)17-12-8-6-9-13-17)26-21(29)18-14-10-7-11-15-19(18)25-23(31)32-24(2,3)4/h6,8-9,12-13,18-19H,7,10-11,14-15H2,1-5H3,(H,25,31)(H,26,29)/t18-,19+/m0/s1. The molecular formula is C24H34N4O4. The molecule has 1 aromatic carbocycles. The van der Waals surface area contributed by atoms with E-state index >= 15 is 0 Å². The molecule has 8 heteroatoms. The third-order valence-corrected chi connectivity index (χ3v) is 5.86. The van der Waals surface area contributed by atoms with Crippen LogP contribution in [0.1, 0.15) is 58.6 Å². The van der Waals surface area contributed by atoms with Crippen LogP contribution in [0.5, 0.6) is 0 Å². The first kappa shape index (κ1) is 23.6. The summed E-state index contributed by atoms with van der Waals surface area (Å²) in [5.74, 6) is -0.687. The van der Waals surface area contributed by atoms with Crippen molar-refractivity contribution in [3.8, 4) is 5.69 Å². The van der Waals surface area contributed by atoms with Crippen LogP contribution in [0.15, 0.2) is 35.1 Å². The summed E-state index contributed by atoms with van der Waals surface area (Å²) in [6.07, 6.45) is 3.64. The SMILES string of the molecule is Cc1c(NC(=O)[C@H]2CCCCC[C@H]2NC(=O)OC(C)(C)C)c(=O)n(-c2ccccc2)n1C. The van der Waals surface area contributed by atoms with Crippen molar-refractivity contribution in [1.29, 1.82) is 0 Å². The smallest absolute Gasteiger partial charge is 0.407 e. The monoisotopic (exact) mass is 442 g/mol. The summed E-state index contributed by atoms with van der Waals surface area (Å²) < 4.78 is 8.66. The number of anilines is 1. The summed E-state index contributed by atoms with van der Waals surface area (Å²) in [5, 5.41) is 5.77.